The molecule has 13 heteroatoms. The van der Waals surface area contributed by atoms with Crippen molar-refractivity contribution in [2.75, 3.05) is 34.4 Å². The lowest BCUT2D eigenvalue weighted by molar-refractivity contribution is -0.120. The van der Waals surface area contributed by atoms with Gasteiger partial charge in [-0.2, -0.15) is 17.0 Å². The molecule has 1 amide bonds. The lowest BCUT2D eigenvalue weighted by Crippen LogP contribution is -2.43. The average molecular weight is 484 g/mol. The highest BCUT2D eigenvalue weighted by Crippen LogP contribution is 2.25. The van der Waals surface area contributed by atoms with Gasteiger partial charge in [-0.15, -0.1) is 0 Å². The number of hydrogen-bond donors (Lipinski definition) is 2. The molecule has 0 radical (unpaired) electrons. The van der Waals surface area contributed by atoms with Gasteiger partial charge in [-0.3, -0.25) is 14.2 Å². The van der Waals surface area contributed by atoms with Crippen LogP contribution in [-0.2, 0) is 39.3 Å². The predicted molar refractivity (Wildman–Crippen MR) is 116 cm³/mol. The molecule has 0 saturated heterocycles. The Labute approximate surface area is 190 Å². The molecule has 3 rings (SSSR count). The van der Waals surface area contributed by atoms with E-state index in [9.17, 15) is 27.5 Å². The zero-order chi connectivity index (χ0) is 24.3. The number of ether oxygens (including phenoxy) is 1. The van der Waals surface area contributed by atoms with E-state index in [1.54, 1.807) is 0 Å². The molecule has 0 aliphatic carbocycles. The summed E-state index contributed by atoms with van der Waals surface area (Å²) in [6.07, 6.45) is -0.409. The molecule has 180 valence electrons. The first-order valence-corrected chi connectivity index (χ1v) is 11.5. The van der Waals surface area contributed by atoms with Crippen molar-refractivity contribution in [3.8, 4) is 5.75 Å². The van der Waals surface area contributed by atoms with E-state index < -0.39 is 45.7 Å². The Balaban J connectivity index is 1.89. The van der Waals surface area contributed by atoms with E-state index in [1.165, 1.54) is 45.4 Å². The SMILES string of the molecule is CN(C)S(=O)(=O)N(C)C1COCCn2c1nc(CC(=O)NCc1ccc(F)cc1)c(O)c2=O. The molecule has 2 aromatic rings. The van der Waals surface area contributed by atoms with Crippen molar-refractivity contribution >= 4 is 16.1 Å². The monoisotopic (exact) mass is 483 g/mol. The number of hydrogen-bond acceptors (Lipinski definition) is 7. The van der Waals surface area contributed by atoms with E-state index in [1.807, 2.05) is 0 Å². The van der Waals surface area contributed by atoms with E-state index in [-0.39, 0.29) is 37.8 Å². The van der Waals surface area contributed by atoms with Gasteiger partial charge in [0.05, 0.1) is 31.9 Å². The summed E-state index contributed by atoms with van der Waals surface area (Å²) in [4.78, 5) is 29.6. The first-order valence-electron chi connectivity index (χ1n) is 10.1. The topological polar surface area (TPSA) is 134 Å². The number of rotatable bonds is 7. The second kappa shape index (κ2) is 9.95. The van der Waals surface area contributed by atoms with Crippen LogP contribution in [0.5, 0.6) is 5.75 Å². The fraction of sp³-hybridized carbons (Fsp3) is 0.450. The van der Waals surface area contributed by atoms with Gasteiger partial charge < -0.3 is 15.2 Å². The van der Waals surface area contributed by atoms with Crippen LogP contribution in [0, 0.1) is 5.82 Å². The minimum Gasteiger partial charge on any atom is -0.502 e. The Morgan fingerprint density at radius 1 is 1.30 bits per heavy atom. The molecule has 1 atom stereocenters. The number of nitrogens with zero attached hydrogens (tertiary/aromatic N) is 4. The molecule has 0 bridgehead atoms. The summed E-state index contributed by atoms with van der Waals surface area (Å²) in [5, 5.41) is 13.0. The van der Waals surface area contributed by atoms with Crippen molar-refractivity contribution in [3.05, 3.63) is 57.5 Å². The van der Waals surface area contributed by atoms with Crippen molar-refractivity contribution in [2.45, 2.75) is 25.6 Å². The van der Waals surface area contributed by atoms with Gasteiger partial charge in [0, 0.05) is 27.7 Å². The smallest absolute Gasteiger partial charge is 0.296 e. The van der Waals surface area contributed by atoms with Crippen molar-refractivity contribution in [1.29, 1.82) is 0 Å². The summed E-state index contributed by atoms with van der Waals surface area (Å²) in [5.74, 6) is -1.54. The Bertz CT molecular complexity index is 1180. The van der Waals surface area contributed by atoms with Crippen LogP contribution in [-0.4, -0.2) is 71.9 Å². The molecule has 1 aliphatic heterocycles. The molecule has 11 nitrogen and oxygen atoms in total. The molecule has 2 heterocycles. The van der Waals surface area contributed by atoms with Gasteiger partial charge in [-0.1, -0.05) is 12.1 Å². The Kier molecular flexibility index (Phi) is 7.47. The third kappa shape index (κ3) is 5.38. The Morgan fingerprint density at radius 2 is 1.97 bits per heavy atom. The number of aromatic nitrogens is 2. The van der Waals surface area contributed by atoms with Crippen LogP contribution in [0.1, 0.15) is 23.1 Å². The van der Waals surface area contributed by atoms with Crippen LogP contribution in [0.4, 0.5) is 4.39 Å². The maximum atomic E-state index is 13.0. The number of carbonyl (C=O) groups is 1. The van der Waals surface area contributed by atoms with E-state index >= 15 is 0 Å². The highest BCUT2D eigenvalue weighted by Gasteiger charge is 2.35. The van der Waals surface area contributed by atoms with Gasteiger partial charge in [0.25, 0.3) is 15.8 Å². The first-order chi connectivity index (χ1) is 15.5. The minimum atomic E-state index is -3.87. The summed E-state index contributed by atoms with van der Waals surface area (Å²) in [5.41, 5.74) is -0.297. The van der Waals surface area contributed by atoms with Gasteiger partial charge in [0.1, 0.15) is 17.7 Å². The van der Waals surface area contributed by atoms with E-state index in [2.05, 4.69) is 10.3 Å². The number of aromatic hydroxyl groups is 1. The van der Waals surface area contributed by atoms with Crippen molar-refractivity contribution < 1.29 is 27.4 Å². The molecule has 0 spiro atoms. The number of fused-ring (bicyclic) bond motifs is 1. The third-order valence-electron chi connectivity index (χ3n) is 5.28. The second-order valence-corrected chi connectivity index (χ2v) is 9.90. The van der Waals surface area contributed by atoms with Gasteiger partial charge in [-0.05, 0) is 17.7 Å². The van der Waals surface area contributed by atoms with Crippen LogP contribution in [0.15, 0.2) is 29.1 Å². The van der Waals surface area contributed by atoms with Crippen LogP contribution in [0.25, 0.3) is 0 Å². The number of likely N-dealkylation sites (N-methyl/N-ethyl adjacent to an activating group) is 1. The van der Waals surface area contributed by atoms with Crippen molar-refractivity contribution in [1.82, 2.24) is 23.5 Å². The molecular weight excluding hydrogens is 457 g/mol. The second-order valence-electron chi connectivity index (χ2n) is 7.70. The summed E-state index contributed by atoms with van der Waals surface area (Å²) in [7, 11) is 0.212. The van der Waals surface area contributed by atoms with Crippen molar-refractivity contribution in [3.63, 3.8) is 0 Å². The van der Waals surface area contributed by atoms with Gasteiger partial charge in [0.15, 0.2) is 0 Å². The zero-order valence-electron chi connectivity index (χ0n) is 18.5. The maximum Gasteiger partial charge on any atom is 0.296 e. The molecule has 1 unspecified atom stereocenters. The normalized spacial score (nSPS) is 16.5. The summed E-state index contributed by atoms with van der Waals surface area (Å²) in [6, 6.07) is 4.62. The van der Waals surface area contributed by atoms with Crippen LogP contribution in [0.2, 0.25) is 0 Å². The minimum absolute atomic E-state index is 0.0585. The lowest BCUT2D eigenvalue weighted by atomic mass is 10.2. The number of amides is 1. The molecule has 33 heavy (non-hydrogen) atoms. The zero-order valence-corrected chi connectivity index (χ0v) is 19.3. The Morgan fingerprint density at radius 3 is 2.61 bits per heavy atom. The van der Waals surface area contributed by atoms with Crippen LogP contribution < -0.4 is 10.9 Å². The summed E-state index contributed by atoms with van der Waals surface area (Å²) in [6.45, 7) is 0.247. The summed E-state index contributed by atoms with van der Waals surface area (Å²) >= 11 is 0. The highest BCUT2D eigenvalue weighted by atomic mass is 32.2. The van der Waals surface area contributed by atoms with Crippen LogP contribution >= 0.6 is 0 Å². The number of halogens is 1. The molecule has 0 fully saturated rings. The average Bonchev–Trinajstić information content (AvgIpc) is 2.98. The van der Waals surface area contributed by atoms with Crippen LogP contribution in [0.3, 0.4) is 0 Å². The third-order valence-corrected chi connectivity index (χ3v) is 7.18. The lowest BCUT2D eigenvalue weighted by Gasteiger charge is -2.29. The largest absolute Gasteiger partial charge is 0.502 e. The number of carbonyl (C=O) groups excluding carboxylic acids is 1. The van der Waals surface area contributed by atoms with Gasteiger partial charge in [-0.25, -0.2) is 9.37 Å². The van der Waals surface area contributed by atoms with Gasteiger partial charge in [0.2, 0.25) is 11.7 Å². The molecule has 1 aromatic carbocycles. The van der Waals surface area contributed by atoms with Crippen molar-refractivity contribution in [2.24, 2.45) is 0 Å². The quantitative estimate of drug-likeness (QED) is 0.555. The summed E-state index contributed by atoms with van der Waals surface area (Å²) < 4.78 is 47.0. The number of nitrogens with one attached hydrogen (secondary N) is 1. The Hall–Kier alpha value is -2.87. The molecule has 0 saturated carbocycles. The fourth-order valence-corrected chi connectivity index (χ4v) is 4.32. The predicted octanol–water partition coefficient (Wildman–Crippen LogP) is -0.244. The maximum absolute atomic E-state index is 13.0. The van der Waals surface area contributed by atoms with E-state index in [0.29, 0.717) is 5.56 Å². The molecular formula is C20H26FN5O6S. The fourth-order valence-electron chi connectivity index (χ4n) is 3.33. The molecule has 1 aliphatic rings. The molecule has 1 aromatic heterocycles. The van der Waals surface area contributed by atoms with E-state index in [0.717, 1.165) is 13.2 Å². The molecule has 2 N–H and O–H groups in total. The number of benzene rings is 1. The standard InChI is InChI=1S/C20H26FN5O6S/c1-24(2)33(30,31)25(3)16-12-32-9-8-26-19(16)23-15(18(28)20(26)29)10-17(27)22-11-13-4-6-14(21)7-5-13/h4-7,16,28H,8-12H2,1-3H3,(H,22,27). The first kappa shape index (κ1) is 24.8. The van der Waals surface area contributed by atoms with Gasteiger partial charge >= 0.3 is 0 Å². The van der Waals surface area contributed by atoms with E-state index in [4.69, 9.17) is 4.74 Å². The highest BCUT2D eigenvalue weighted by molar-refractivity contribution is 7.86.